The van der Waals surface area contributed by atoms with Crippen LogP contribution in [0.2, 0.25) is 0 Å². The molecule has 0 amide bonds. The molecule has 2 N–H and O–H groups in total. The standard InChI is InChI=1S/C13H16BrFN2O3/c14-9-5-12(17(19)20)11(6-10(9)15)16-7-8-3-1-2-4-13(8)18/h5-6,8,13,16,18H,1-4,7H2. The molecule has 1 aliphatic carbocycles. The molecule has 0 spiro atoms. The first-order valence-electron chi connectivity index (χ1n) is 6.54. The summed E-state index contributed by atoms with van der Waals surface area (Å²) in [6.07, 6.45) is 3.28. The lowest BCUT2D eigenvalue weighted by molar-refractivity contribution is -0.384. The number of benzene rings is 1. The van der Waals surface area contributed by atoms with E-state index in [-0.39, 0.29) is 21.8 Å². The first-order chi connectivity index (χ1) is 9.49. The molecule has 20 heavy (non-hydrogen) atoms. The largest absolute Gasteiger partial charge is 0.393 e. The van der Waals surface area contributed by atoms with E-state index in [9.17, 15) is 19.6 Å². The normalized spacial score (nSPS) is 22.6. The number of hydrogen-bond acceptors (Lipinski definition) is 4. The number of nitrogens with zero attached hydrogens (tertiary/aromatic N) is 1. The van der Waals surface area contributed by atoms with Gasteiger partial charge >= 0.3 is 0 Å². The fraction of sp³-hybridized carbons (Fsp3) is 0.538. The van der Waals surface area contributed by atoms with Crippen molar-refractivity contribution in [2.45, 2.75) is 31.8 Å². The Morgan fingerprint density at radius 1 is 1.45 bits per heavy atom. The van der Waals surface area contributed by atoms with Crippen molar-refractivity contribution < 1.29 is 14.4 Å². The molecule has 2 rings (SSSR count). The molecule has 1 fully saturated rings. The molecular weight excluding hydrogens is 331 g/mol. The summed E-state index contributed by atoms with van der Waals surface area (Å²) in [7, 11) is 0. The Balaban J connectivity index is 2.12. The molecule has 7 heteroatoms. The highest BCUT2D eigenvalue weighted by Gasteiger charge is 2.24. The van der Waals surface area contributed by atoms with Crippen molar-refractivity contribution in [1.82, 2.24) is 0 Å². The van der Waals surface area contributed by atoms with Crippen molar-refractivity contribution in [3.63, 3.8) is 0 Å². The van der Waals surface area contributed by atoms with Crippen molar-refractivity contribution in [3.8, 4) is 0 Å². The van der Waals surface area contributed by atoms with Crippen LogP contribution in [0.1, 0.15) is 25.7 Å². The Morgan fingerprint density at radius 3 is 2.80 bits per heavy atom. The van der Waals surface area contributed by atoms with Crippen LogP contribution in [0.15, 0.2) is 16.6 Å². The molecule has 5 nitrogen and oxygen atoms in total. The predicted molar refractivity (Wildman–Crippen MR) is 77.2 cm³/mol. The second-order valence-electron chi connectivity index (χ2n) is 5.03. The number of nitro groups is 1. The van der Waals surface area contributed by atoms with Gasteiger partial charge in [0.2, 0.25) is 0 Å². The maximum Gasteiger partial charge on any atom is 0.293 e. The summed E-state index contributed by atoms with van der Waals surface area (Å²) in [5.41, 5.74) is -0.0305. The van der Waals surface area contributed by atoms with Gasteiger partial charge < -0.3 is 10.4 Å². The van der Waals surface area contributed by atoms with Gasteiger partial charge in [0, 0.05) is 24.6 Å². The van der Waals surface area contributed by atoms with Gasteiger partial charge in [0.05, 0.1) is 15.5 Å². The van der Waals surface area contributed by atoms with Gasteiger partial charge in [-0.1, -0.05) is 12.8 Å². The average molecular weight is 347 g/mol. The Labute approximate surface area is 124 Å². The summed E-state index contributed by atoms with van der Waals surface area (Å²) < 4.78 is 13.6. The van der Waals surface area contributed by atoms with E-state index in [1.807, 2.05) is 0 Å². The van der Waals surface area contributed by atoms with E-state index in [1.54, 1.807) is 0 Å². The van der Waals surface area contributed by atoms with Crippen LogP contribution in [0.5, 0.6) is 0 Å². The van der Waals surface area contributed by atoms with E-state index >= 15 is 0 Å². The molecule has 0 heterocycles. The molecule has 2 unspecified atom stereocenters. The summed E-state index contributed by atoms with van der Waals surface area (Å²) in [6.45, 7) is 0.406. The van der Waals surface area contributed by atoms with Gasteiger partial charge in [0.15, 0.2) is 0 Å². The zero-order valence-electron chi connectivity index (χ0n) is 10.8. The number of hydrogen-bond donors (Lipinski definition) is 2. The van der Waals surface area contributed by atoms with Crippen LogP contribution in [0.3, 0.4) is 0 Å². The third-order valence-corrected chi connectivity index (χ3v) is 4.27. The van der Waals surface area contributed by atoms with Gasteiger partial charge in [-0.05, 0) is 28.8 Å². The van der Waals surface area contributed by atoms with E-state index in [1.165, 1.54) is 0 Å². The highest BCUT2D eigenvalue weighted by molar-refractivity contribution is 9.10. The number of nitrogens with one attached hydrogen (secondary N) is 1. The number of aliphatic hydroxyl groups excluding tert-OH is 1. The van der Waals surface area contributed by atoms with Crippen LogP contribution in [-0.4, -0.2) is 22.7 Å². The molecule has 0 radical (unpaired) electrons. The van der Waals surface area contributed by atoms with Crippen molar-refractivity contribution in [2.75, 3.05) is 11.9 Å². The molecule has 0 aliphatic heterocycles. The highest BCUT2D eigenvalue weighted by atomic mass is 79.9. The lowest BCUT2D eigenvalue weighted by Crippen LogP contribution is -2.30. The molecule has 0 bridgehead atoms. The summed E-state index contributed by atoms with van der Waals surface area (Å²) >= 11 is 2.94. The quantitative estimate of drug-likeness (QED) is 0.646. The minimum absolute atomic E-state index is 0.0510. The number of anilines is 1. The molecule has 1 aromatic rings. The lowest BCUT2D eigenvalue weighted by atomic mass is 9.86. The number of aliphatic hydroxyl groups is 1. The third kappa shape index (κ3) is 3.46. The van der Waals surface area contributed by atoms with Gasteiger partial charge in [-0.25, -0.2) is 4.39 Å². The Morgan fingerprint density at radius 2 is 2.15 bits per heavy atom. The third-order valence-electron chi connectivity index (χ3n) is 3.66. The van der Waals surface area contributed by atoms with Gasteiger partial charge in [-0.2, -0.15) is 0 Å². The van der Waals surface area contributed by atoms with Gasteiger partial charge in [0.25, 0.3) is 5.69 Å². The van der Waals surface area contributed by atoms with Crippen LogP contribution >= 0.6 is 15.9 Å². The first-order valence-corrected chi connectivity index (χ1v) is 7.33. The van der Waals surface area contributed by atoms with Crippen molar-refractivity contribution in [3.05, 3.63) is 32.5 Å². The first kappa shape index (κ1) is 15.2. The fourth-order valence-corrected chi connectivity index (χ4v) is 2.83. The Kier molecular flexibility index (Phi) is 4.93. The van der Waals surface area contributed by atoms with Gasteiger partial charge in [0.1, 0.15) is 11.5 Å². The molecule has 1 aromatic carbocycles. The fourth-order valence-electron chi connectivity index (χ4n) is 2.50. The molecule has 0 saturated heterocycles. The molecule has 1 aliphatic rings. The van der Waals surface area contributed by atoms with Crippen LogP contribution in [0.25, 0.3) is 0 Å². The monoisotopic (exact) mass is 346 g/mol. The van der Waals surface area contributed by atoms with Crippen LogP contribution < -0.4 is 5.32 Å². The average Bonchev–Trinajstić information content (AvgIpc) is 2.41. The SMILES string of the molecule is O=[N+]([O-])c1cc(Br)c(F)cc1NCC1CCCCC1O. The molecule has 1 saturated carbocycles. The lowest BCUT2D eigenvalue weighted by Gasteiger charge is -2.27. The van der Waals surface area contributed by atoms with E-state index < -0.39 is 16.8 Å². The molecular formula is C13H16BrFN2O3. The van der Waals surface area contributed by atoms with Gasteiger partial charge in [-0.3, -0.25) is 10.1 Å². The number of halogens is 2. The van der Waals surface area contributed by atoms with Crippen molar-refractivity contribution in [2.24, 2.45) is 5.92 Å². The van der Waals surface area contributed by atoms with Crippen molar-refractivity contribution in [1.29, 1.82) is 0 Å². The Hall–Kier alpha value is -1.21. The number of nitro benzene ring substituents is 1. The summed E-state index contributed by atoms with van der Waals surface area (Å²) in [4.78, 5) is 10.4. The van der Waals surface area contributed by atoms with Crippen LogP contribution in [0.4, 0.5) is 15.8 Å². The predicted octanol–water partition coefficient (Wildman–Crippen LogP) is 3.46. The van der Waals surface area contributed by atoms with Crippen LogP contribution in [-0.2, 0) is 0 Å². The zero-order chi connectivity index (χ0) is 14.7. The van der Waals surface area contributed by atoms with Crippen LogP contribution in [0, 0.1) is 21.8 Å². The van der Waals surface area contributed by atoms with E-state index in [0.29, 0.717) is 6.54 Å². The van der Waals surface area contributed by atoms with E-state index in [4.69, 9.17) is 0 Å². The van der Waals surface area contributed by atoms with Crippen molar-refractivity contribution >= 4 is 27.3 Å². The summed E-state index contributed by atoms with van der Waals surface area (Å²) in [5, 5.41) is 23.7. The van der Waals surface area contributed by atoms with Gasteiger partial charge in [-0.15, -0.1) is 0 Å². The minimum Gasteiger partial charge on any atom is -0.393 e. The maximum absolute atomic E-state index is 13.5. The summed E-state index contributed by atoms with van der Waals surface area (Å²) in [6, 6.07) is 2.26. The zero-order valence-corrected chi connectivity index (χ0v) is 12.4. The molecule has 2 atom stereocenters. The van der Waals surface area contributed by atoms with E-state index in [0.717, 1.165) is 37.8 Å². The molecule has 0 aromatic heterocycles. The number of rotatable bonds is 4. The summed E-state index contributed by atoms with van der Waals surface area (Å²) in [5.74, 6) is -0.502. The topological polar surface area (TPSA) is 75.4 Å². The smallest absolute Gasteiger partial charge is 0.293 e. The maximum atomic E-state index is 13.5. The van der Waals surface area contributed by atoms with E-state index in [2.05, 4.69) is 21.2 Å². The minimum atomic E-state index is -0.553. The Bertz CT molecular complexity index is 513. The second-order valence-corrected chi connectivity index (χ2v) is 5.89. The molecule has 110 valence electrons. The highest BCUT2D eigenvalue weighted by Crippen LogP contribution is 2.32. The second kappa shape index (κ2) is 6.49.